The topological polar surface area (TPSA) is 26.0 Å². The molecule has 74 valence electrons. The highest BCUT2D eigenvalue weighted by Gasteiger charge is 2.27. The van der Waals surface area contributed by atoms with Crippen molar-refractivity contribution >= 4 is 0 Å². The maximum absolute atomic E-state index is 5.77. The van der Waals surface area contributed by atoms with Crippen LogP contribution < -0.4 is 5.73 Å². The second-order valence-electron chi connectivity index (χ2n) is 6.06. The third kappa shape index (κ3) is 4.76. The van der Waals surface area contributed by atoms with E-state index in [1.165, 1.54) is 6.42 Å². The molecule has 0 bridgehead atoms. The molecule has 0 saturated heterocycles. The van der Waals surface area contributed by atoms with E-state index in [1.807, 2.05) is 0 Å². The van der Waals surface area contributed by atoms with Crippen molar-refractivity contribution in [3.8, 4) is 0 Å². The zero-order valence-electron chi connectivity index (χ0n) is 9.57. The molecule has 0 spiro atoms. The maximum atomic E-state index is 5.77. The Morgan fingerprint density at radius 1 is 1.00 bits per heavy atom. The average molecular weight is 171 g/mol. The monoisotopic (exact) mass is 171 g/mol. The van der Waals surface area contributed by atoms with Gasteiger partial charge in [-0.3, -0.25) is 0 Å². The second kappa shape index (κ2) is 3.78. The summed E-state index contributed by atoms with van der Waals surface area (Å²) in [7, 11) is 0. The molecule has 12 heavy (non-hydrogen) atoms. The van der Waals surface area contributed by atoms with Gasteiger partial charge >= 0.3 is 0 Å². The van der Waals surface area contributed by atoms with E-state index in [4.69, 9.17) is 5.73 Å². The van der Waals surface area contributed by atoms with Crippen molar-refractivity contribution < 1.29 is 0 Å². The van der Waals surface area contributed by atoms with Crippen LogP contribution in [0.15, 0.2) is 0 Å². The highest BCUT2D eigenvalue weighted by Crippen LogP contribution is 2.34. The van der Waals surface area contributed by atoms with Crippen LogP contribution in [0.25, 0.3) is 0 Å². The number of hydrogen-bond donors (Lipinski definition) is 1. The largest absolute Gasteiger partial charge is 0.330 e. The molecule has 0 aromatic heterocycles. The molecule has 2 N–H and O–H groups in total. The van der Waals surface area contributed by atoms with E-state index in [0.717, 1.165) is 6.54 Å². The molecule has 0 aromatic rings. The first-order chi connectivity index (χ1) is 5.17. The van der Waals surface area contributed by atoms with Gasteiger partial charge in [-0.1, -0.05) is 41.5 Å². The summed E-state index contributed by atoms with van der Waals surface area (Å²) in [5.41, 5.74) is 6.52. The predicted octanol–water partition coefficient (Wildman–Crippen LogP) is 3.04. The Kier molecular flexibility index (Phi) is 3.77. The Hall–Kier alpha value is -0.0400. The van der Waals surface area contributed by atoms with Crippen LogP contribution in [0.5, 0.6) is 0 Å². The van der Waals surface area contributed by atoms with Crippen molar-refractivity contribution in [2.24, 2.45) is 22.5 Å². The summed E-state index contributed by atoms with van der Waals surface area (Å²) < 4.78 is 0. The van der Waals surface area contributed by atoms with E-state index in [0.29, 0.717) is 16.7 Å². The molecule has 0 rings (SSSR count). The Balaban J connectivity index is 4.20. The van der Waals surface area contributed by atoms with Crippen LogP contribution in [-0.2, 0) is 0 Å². The quantitative estimate of drug-likeness (QED) is 0.679. The summed E-state index contributed by atoms with van der Waals surface area (Å²) in [4.78, 5) is 0. The van der Waals surface area contributed by atoms with Crippen LogP contribution in [0.3, 0.4) is 0 Å². The Bertz CT molecular complexity index is 125. The summed E-state index contributed by atoms with van der Waals surface area (Å²) in [5.74, 6) is 0.637. The molecule has 0 aromatic carbocycles. The maximum Gasteiger partial charge on any atom is -0.00437 e. The molecule has 0 radical (unpaired) electrons. The standard InChI is InChI=1S/C11H25N/c1-10(2,3)7-9(8-12)11(4,5)6/h9H,7-8,12H2,1-6H3/t9-/m1/s1. The molecule has 0 aliphatic heterocycles. The summed E-state index contributed by atoms with van der Waals surface area (Å²) in [6, 6.07) is 0. The number of hydrogen-bond acceptors (Lipinski definition) is 1. The minimum absolute atomic E-state index is 0.349. The van der Waals surface area contributed by atoms with E-state index in [1.54, 1.807) is 0 Å². The van der Waals surface area contributed by atoms with Gasteiger partial charge in [-0.2, -0.15) is 0 Å². The lowest BCUT2D eigenvalue weighted by molar-refractivity contribution is 0.172. The van der Waals surface area contributed by atoms with Crippen LogP contribution in [0.2, 0.25) is 0 Å². The molecular formula is C11H25N. The third-order valence-electron chi connectivity index (χ3n) is 2.37. The minimum atomic E-state index is 0.349. The molecule has 0 heterocycles. The Labute approximate surface area is 77.7 Å². The van der Waals surface area contributed by atoms with Crippen LogP contribution in [0.1, 0.15) is 48.0 Å². The predicted molar refractivity (Wildman–Crippen MR) is 56.1 cm³/mol. The van der Waals surface area contributed by atoms with Gasteiger partial charge in [0, 0.05) is 0 Å². The molecule has 1 heteroatoms. The highest BCUT2D eigenvalue weighted by molar-refractivity contribution is 4.79. The zero-order valence-corrected chi connectivity index (χ0v) is 9.57. The van der Waals surface area contributed by atoms with Gasteiger partial charge in [0.25, 0.3) is 0 Å². The summed E-state index contributed by atoms with van der Waals surface area (Å²) in [5, 5.41) is 0. The lowest BCUT2D eigenvalue weighted by Crippen LogP contribution is -2.31. The van der Waals surface area contributed by atoms with E-state index in [2.05, 4.69) is 41.5 Å². The van der Waals surface area contributed by atoms with Crippen LogP contribution in [-0.4, -0.2) is 6.54 Å². The van der Waals surface area contributed by atoms with Gasteiger partial charge in [-0.15, -0.1) is 0 Å². The molecule has 0 saturated carbocycles. The fourth-order valence-electron chi connectivity index (χ4n) is 1.48. The van der Waals surface area contributed by atoms with Crippen molar-refractivity contribution in [2.45, 2.75) is 48.0 Å². The first kappa shape index (κ1) is 12.0. The van der Waals surface area contributed by atoms with Gasteiger partial charge in [0.1, 0.15) is 0 Å². The van der Waals surface area contributed by atoms with E-state index < -0.39 is 0 Å². The molecule has 1 atom stereocenters. The third-order valence-corrected chi connectivity index (χ3v) is 2.37. The molecule has 0 amide bonds. The van der Waals surface area contributed by atoms with Crippen LogP contribution in [0.4, 0.5) is 0 Å². The smallest absolute Gasteiger partial charge is 0.00437 e. The van der Waals surface area contributed by atoms with Crippen LogP contribution in [0, 0.1) is 16.7 Å². The molecule has 0 aliphatic carbocycles. The molecule has 0 fully saturated rings. The molecule has 1 nitrogen and oxygen atoms in total. The van der Waals surface area contributed by atoms with Crippen molar-refractivity contribution in [1.82, 2.24) is 0 Å². The zero-order chi connectivity index (χ0) is 9.99. The minimum Gasteiger partial charge on any atom is -0.330 e. The normalized spacial score (nSPS) is 16.2. The molecule has 0 unspecified atom stereocenters. The molecule has 0 aliphatic rings. The average Bonchev–Trinajstić information content (AvgIpc) is 1.78. The van der Waals surface area contributed by atoms with E-state index in [-0.39, 0.29) is 0 Å². The molecular weight excluding hydrogens is 146 g/mol. The SMILES string of the molecule is CC(C)(C)C[C@H](CN)C(C)(C)C. The van der Waals surface area contributed by atoms with Gasteiger partial charge in [0.2, 0.25) is 0 Å². The lowest BCUT2D eigenvalue weighted by Gasteiger charge is -2.34. The first-order valence-corrected chi connectivity index (χ1v) is 4.87. The number of rotatable bonds is 2. The lowest BCUT2D eigenvalue weighted by atomic mass is 9.72. The van der Waals surface area contributed by atoms with Crippen LogP contribution >= 0.6 is 0 Å². The van der Waals surface area contributed by atoms with Gasteiger partial charge in [-0.25, -0.2) is 0 Å². The van der Waals surface area contributed by atoms with Gasteiger partial charge in [0.15, 0.2) is 0 Å². The number of nitrogens with two attached hydrogens (primary N) is 1. The Morgan fingerprint density at radius 2 is 1.42 bits per heavy atom. The van der Waals surface area contributed by atoms with E-state index >= 15 is 0 Å². The highest BCUT2D eigenvalue weighted by atomic mass is 14.6. The van der Waals surface area contributed by atoms with Gasteiger partial charge < -0.3 is 5.73 Å². The van der Waals surface area contributed by atoms with Gasteiger partial charge in [0.05, 0.1) is 0 Å². The summed E-state index contributed by atoms with van der Waals surface area (Å²) in [6.07, 6.45) is 1.22. The van der Waals surface area contributed by atoms with Gasteiger partial charge in [-0.05, 0) is 29.7 Å². The Morgan fingerprint density at radius 3 is 1.50 bits per heavy atom. The van der Waals surface area contributed by atoms with Crippen molar-refractivity contribution in [1.29, 1.82) is 0 Å². The summed E-state index contributed by atoms with van der Waals surface area (Å²) in [6.45, 7) is 14.5. The van der Waals surface area contributed by atoms with E-state index in [9.17, 15) is 0 Å². The fraction of sp³-hybridized carbons (Fsp3) is 1.00. The fourth-order valence-corrected chi connectivity index (χ4v) is 1.48. The van der Waals surface area contributed by atoms with Crippen molar-refractivity contribution in [2.75, 3.05) is 6.54 Å². The second-order valence-corrected chi connectivity index (χ2v) is 6.06. The van der Waals surface area contributed by atoms with Crippen molar-refractivity contribution in [3.05, 3.63) is 0 Å². The van der Waals surface area contributed by atoms with Crippen molar-refractivity contribution in [3.63, 3.8) is 0 Å². The first-order valence-electron chi connectivity index (χ1n) is 4.87. The summed E-state index contributed by atoms with van der Waals surface area (Å²) >= 11 is 0.